The van der Waals surface area contributed by atoms with Crippen LogP contribution in [0.2, 0.25) is 0 Å². The van der Waals surface area contributed by atoms with Gasteiger partial charge in [-0.05, 0) is 37.8 Å². The fourth-order valence-corrected chi connectivity index (χ4v) is 2.40. The van der Waals surface area contributed by atoms with E-state index in [2.05, 4.69) is 47.0 Å². The van der Waals surface area contributed by atoms with Crippen molar-refractivity contribution in [3.63, 3.8) is 0 Å². The zero-order chi connectivity index (χ0) is 13.8. The molecule has 4 heteroatoms. The summed E-state index contributed by atoms with van der Waals surface area (Å²) in [6, 6.07) is 6.85. The Kier molecular flexibility index (Phi) is 4.00. The number of fused-ring (bicyclic) bond motifs is 1. The molecule has 0 saturated carbocycles. The van der Waals surface area contributed by atoms with Gasteiger partial charge >= 0.3 is 0 Å². The Balaban J connectivity index is 2.09. The van der Waals surface area contributed by atoms with Crippen molar-refractivity contribution in [2.45, 2.75) is 32.7 Å². The fourth-order valence-electron chi connectivity index (χ4n) is 2.40. The molecule has 100 valence electrons. The molecule has 2 rings (SSSR count). The Morgan fingerprint density at radius 3 is 3.05 bits per heavy atom. The van der Waals surface area contributed by atoms with E-state index in [0.29, 0.717) is 5.82 Å². The molecule has 0 radical (unpaired) electrons. The maximum absolute atomic E-state index is 5.63. The third-order valence-electron chi connectivity index (χ3n) is 3.23. The van der Waals surface area contributed by atoms with E-state index in [9.17, 15) is 0 Å². The van der Waals surface area contributed by atoms with E-state index in [0.717, 1.165) is 12.8 Å². The zero-order valence-corrected chi connectivity index (χ0v) is 11.5. The Bertz CT molecular complexity index is 543. The highest BCUT2D eigenvalue weighted by molar-refractivity contribution is 5.86. The van der Waals surface area contributed by atoms with Crippen molar-refractivity contribution in [1.82, 2.24) is 5.32 Å². The van der Waals surface area contributed by atoms with Crippen molar-refractivity contribution < 1.29 is 0 Å². The number of nitrogens with zero attached hydrogens (tertiary/aromatic N) is 2. The monoisotopic (exact) mass is 256 g/mol. The van der Waals surface area contributed by atoms with E-state index in [4.69, 9.17) is 5.73 Å². The van der Waals surface area contributed by atoms with E-state index < -0.39 is 0 Å². The number of aliphatic imine (C=N–C) groups is 2. The summed E-state index contributed by atoms with van der Waals surface area (Å²) in [5, 5.41) is 3.32. The number of rotatable bonds is 3. The summed E-state index contributed by atoms with van der Waals surface area (Å²) in [4.78, 5) is 8.02. The predicted molar refractivity (Wildman–Crippen MR) is 80.3 cm³/mol. The average molecular weight is 256 g/mol. The molecule has 0 bridgehead atoms. The summed E-state index contributed by atoms with van der Waals surface area (Å²) in [6.45, 7) is 7.79. The van der Waals surface area contributed by atoms with Crippen LogP contribution in [0, 0.1) is 6.92 Å². The van der Waals surface area contributed by atoms with Gasteiger partial charge in [0.15, 0.2) is 0 Å². The van der Waals surface area contributed by atoms with Crippen molar-refractivity contribution in [3.05, 3.63) is 47.3 Å². The van der Waals surface area contributed by atoms with Gasteiger partial charge < -0.3 is 11.1 Å². The van der Waals surface area contributed by atoms with E-state index in [1.807, 2.05) is 0 Å². The number of nitrogens with two attached hydrogens (primary N) is 1. The van der Waals surface area contributed by atoms with Gasteiger partial charge in [0.2, 0.25) is 5.96 Å². The third-order valence-corrected chi connectivity index (χ3v) is 3.23. The number of nitrogens with one attached hydrogen (secondary N) is 1. The molecule has 0 fully saturated rings. The lowest BCUT2D eigenvalue weighted by molar-refractivity contribution is 0.590. The lowest BCUT2D eigenvalue weighted by Gasteiger charge is -2.15. The molecule has 1 aromatic rings. The molecule has 1 atom stereocenters. The summed E-state index contributed by atoms with van der Waals surface area (Å²) in [5.74, 6) is 0.782. The number of guanidine groups is 1. The molecule has 4 nitrogen and oxygen atoms in total. The summed E-state index contributed by atoms with van der Waals surface area (Å²) < 4.78 is 0. The first-order valence-electron chi connectivity index (χ1n) is 6.48. The fraction of sp³-hybridized carbons (Fsp3) is 0.333. The van der Waals surface area contributed by atoms with Gasteiger partial charge in [0, 0.05) is 6.21 Å². The largest absolute Gasteiger partial charge is 0.368 e. The topological polar surface area (TPSA) is 62.8 Å². The van der Waals surface area contributed by atoms with Gasteiger partial charge in [-0.1, -0.05) is 30.3 Å². The summed E-state index contributed by atoms with van der Waals surface area (Å²) in [5.41, 5.74) is 9.65. The Morgan fingerprint density at radius 2 is 2.32 bits per heavy atom. The molecule has 3 N–H and O–H groups in total. The first kappa shape index (κ1) is 13.3. The Hall–Kier alpha value is -2.10. The van der Waals surface area contributed by atoms with Crippen molar-refractivity contribution in [3.8, 4) is 0 Å². The maximum atomic E-state index is 5.63. The van der Waals surface area contributed by atoms with Gasteiger partial charge in [-0.2, -0.15) is 4.99 Å². The SMILES string of the molecule is C=C(N=C(N)N=CC)N[C@@H]1CCc2ccc(C)cc21. The van der Waals surface area contributed by atoms with Gasteiger partial charge in [0.05, 0.1) is 6.04 Å². The number of aryl methyl sites for hydroxylation is 2. The molecule has 0 spiro atoms. The van der Waals surface area contributed by atoms with Crippen LogP contribution in [0.4, 0.5) is 0 Å². The average Bonchev–Trinajstić information content (AvgIpc) is 2.72. The summed E-state index contributed by atoms with van der Waals surface area (Å²) in [7, 11) is 0. The van der Waals surface area contributed by atoms with Crippen molar-refractivity contribution >= 4 is 12.2 Å². The number of benzene rings is 1. The molecule has 0 saturated heterocycles. The first-order valence-corrected chi connectivity index (χ1v) is 6.48. The summed E-state index contributed by atoms with van der Waals surface area (Å²) in [6.07, 6.45) is 3.76. The predicted octanol–water partition coefficient (Wildman–Crippen LogP) is 2.45. The van der Waals surface area contributed by atoms with Crippen LogP contribution in [-0.2, 0) is 6.42 Å². The number of hydrogen-bond acceptors (Lipinski definition) is 2. The van der Waals surface area contributed by atoms with Crippen molar-refractivity contribution in [1.29, 1.82) is 0 Å². The van der Waals surface area contributed by atoms with Gasteiger partial charge in [0.25, 0.3) is 0 Å². The molecule has 0 aliphatic heterocycles. The van der Waals surface area contributed by atoms with Crippen molar-refractivity contribution in [2.75, 3.05) is 0 Å². The smallest absolute Gasteiger partial charge is 0.221 e. The molecule has 1 aliphatic rings. The molecule has 19 heavy (non-hydrogen) atoms. The van der Waals surface area contributed by atoms with Crippen LogP contribution >= 0.6 is 0 Å². The minimum atomic E-state index is 0.225. The Labute approximate surface area is 114 Å². The minimum Gasteiger partial charge on any atom is -0.368 e. The van der Waals surface area contributed by atoms with Gasteiger partial charge in [-0.25, -0.2) is 4.99 Å². The molecule has 0 aromatic heterocycles. The van der Waals surface area contributed by atoms with E-state index >= 15 is 0 Å². The van der Waals surface area contributed by atoms with Gasteiger partial charge in [-0.15, -0.1) is 0 Å². The highest BCUT2D eigenvalue weighted by atomic mass is 15.1. The molecule has 0 amide bonds. The van der Waals surface area contributed by atoms with Crippen LogP contribution in [0.5, 0.6) is 0 Å². The van der Waals surface area contributed by atoms with Crippen LogP contribution in [-0.4, -0.2) is 12.2 Å². The first-order chi connectivity index (χ1) is 9.10. The van der Waals surface area contributed by atoms with Gasteiger partial charge in [-0.3, -0.25) is 0 Å². The summed E-state index contributed by atoms with van der Waals surface area (Å²) >= 11 is 0. The second kappa shape index (κ2) is 5.69. The van der Waals surface area contributed by atoms with E-state index in [1.54, 1.807) is 13.1 Å². The molecule has 0 heterocycles. The lowest BCUT2D eigenvalue weighted by atomic mass is 10.1. The second-order valence-corrected chi connectivity index (χ2v) is 4.74. The van der Waals surface area contributed by atoms with Crippen LogP contribution < -0.4 is 11.1 Å². The lowest BCUT2D eigenvalue weighted by Crippen LogP contribution is -2.19. The highest BCUT2D eigenvalue weighted by Gasteiger charge is 2.22. The molecular formula is C15H20N4. The van der Waals surface area contributed by atoms with Crippen LogP contribution in [0.25, 0.3) is 0 Å². The number of hydrogen-bond donors (Lipinski definition) is 2. The minimum absolute atomic E-state index is 0.225. The third kappa shape index (κ3) is 3.22. The van der Waals surface area contributed by atoms with Crippen LogP contribution in [0.15, 0.2) is 40.6 Å². The molecule has 1 aromatic carbocycles. The molecular weight excluding hydrogens is 236 g/mol. The van der Waals surface area contributed by atoms with Crippen LogP contribution in [0.3, 0.4) is 0 Å². The molecule has 1 aliphatic carbocycles. The zero-order valence-electron chi connectivity index (χ0n) is 11.5. The maximum Gasteiger partial charge on any atom is 0.221 e. The van der Waals surface area contributed by atoms with Crippen molar-refractivity contribution in [2.24, 2.45) is 15.7 Å². The highest BCUT2D eigenvalue weighted by Crippen LogP contribution is 2.32. The molecule has 0 unspecified atom stereocenters. The quantitative estimate of drug-likeness (QED) is 0.644. The van der Waals surface area contributed by atoms with Crippen LogP contribution in [0.1, 0.15) is 36.1 Å². The normalized spacial score (nSPS) is 18.6. The van der Waals surface area contributed by atoms with E-state index in [1.165, 1.54) is 16.7 Å². The Morgan fingerprint density at radius 1 is 1.53 bits per heavy atom. The van der Waals surface area contributed by atoms with E-state index in [-0.39, 0.29) is 12.0 Å². The standard InChI is InChI=1S/C15H20N4/c1-4-17-15(16)19-11(3)18-14-8-7-12-6-5-10(2)9-13(12)14/h4-6,9,14,18H,3,7-8H2,1-2H3,(H2,16,19)/t14-/m1/s1. The second-order valence-electron chi connectivity index (χ2n) is 4.74. The van der Waals surface area contributed by atoms with Gasteiger partial charge in [0.1, 0.15) is 5.82 Å².